The summed E-state index contributed by atoms with van der Waals surface area (Å²) in [6, 6.07) is 10.3. The van der Waals surface area contributed by atoms with E-state index in [0.717, 1.165) is 16.9 Å². The van der Waals surface area contributed by atoms with Crippen LogP contribution >= 0.6 is 11.3 Å². The number of fused-ring (bicyclic) bond motifs is 1. The van der Waals surface area contributed by atoms with E-state index in [1.165, 1.54) is 28.1 Å². The molecule has 2 heterocycles. The third-order valence-electron chi connectivity index (χ3n) is 6.02. The second-order valence-electron chi connectivity index (χ2n) is 8.49. The fourth-order valence-corrected chi connectivity index (χ4v) is 6.91. The second-order valence-corrected chi connectivity index (χ2v) is 11.4. The number of aryl methyl sites for hydroxylation is 1. The van der Waals surface area contributed by atoms with Crippen LogP contribution in [-0.2, 0) is 35.6 Å². The average molecular weight is 546 g/mol. The second kappa shape index (κ2) is 11.0. The van der Waals surface area contributed by atoms with Crippen LogP contribution in [-0.4, -0.2) is 61.4 Å². The van der Waals surface area contributed by atoms with Crippen molar-refractivity contribution in [3.05, 3.63) is 58.4 Å². The minimum Gasteiger partial charge on any atom is -0.465 e. The van der Waals surface area contributed by atoms with Gasteiger partial charge in [-0.2, -0.15) is 9.30 Å². The Bertz CT molecular complexity index is 1520. The standard InChI is InChI=1S/C25H27N3O7S2/c1-4-35-22(29)15-27-19-12-9-17(24(31)34-3)14-21(19)36-25(27)26-23(30)20-6-5-13-28(20)37(32,33)18-10-7-16(2)8-11-18/h7-12,14,20H,4-6,13,15H2,1-3H3. The number of amides is 1. The lowest BCUT2D eigenvalue weighted by Crippen LogP contribution is -2.40. The monoisotopic (exact) mass is 545 g/mol. The van der Waals surface area contributed by atoms with Crippen molar-refractivity contribution in [1.82, 2.24) is 8.87 Å². The van der Waals surface area contributed by atoms with Gasteiger partial charge >= 0.3 is 11.9 Å². The molecule has 196 valence electrons. The van der Waals surface area contributed by atoms with E-state index in [-0.39, 0.29) is 29.4 Å². The first-order valence-electron chi connectivity index (χ1n) is 11.7. The molecule has 1 amide bonds. The lowest BCUT2D eigenvalue weighted by Gasteiger charge is -2.21. The molecule has 4 rings (SSSR count). The van der Waals surface area contributed by atoms with E-state index < -0.39 is 33.9 Å². The molecular weight excluding hydrogens is 518 g/mol. The Morgan fingerprint density at radius 3 is 2.54 bits per heavy atom. The number of esters is 2. The van der Waals surface area contributed by atoms with Crippen LogP contribution in [0.15, 0.2) is 52.4 Å². The molecule has 0 spiro atoms. The largest absolute Gasteiger partial charge is 0.465 e. The summed E-state index contributed by atoms with van der Waals surface area (Å²) in [7, 11) is -2.62. The molecule has 0 radical (unpaired) electrons. The number of aromatic nitrogens is 1. The molecule has 0 N–H and O–H groups in total. The van der Waals surface area contributed by atoms with Crippen LogP contribution in [0.5, 0.6) is 0 Å². The Morgan fingerprint density at radius 2 is 1.86 bits per heavy atom. The summed E-state index contributed by atoms with van der Waals surface area (Å²) in [4.78, 5) is 42.2. The highest BCUT2D eigenvalue weighted by molar-refractivity contribution is 7.89. The number of nitrogens with zero attached hydrogens (tertiary/aromatic N) is 3. The van der Waals surface area contributed by atoms with Crippen molar-refractivity contribution in [1.29, 1.82) is 0 Å². The third-order valence-corrected chi connectivity index (χ3v) is 8.98. The fourth-order valence-electron chi connectivity index (χ4n) is 4.18. The molecule has 1 saturated heterocycles. The van der Waals surface area contributed by atoms with Crippen molar-refractivity contribution in [2.75, 3.05) is 20.3 Å². The predicted molar refractivity (Wildman–Crippen MR) is 136 cm³/mol. The van der Waals surface area contributed by atoms with Crippen molar-refractivity contribution in [2.45, 2.75) is 44.2 Å². The molecule has 37 heavy (non-hydrogen) atoms. The molecule has 10 nitrogen and oxygen atoms in total. The zero-order valence-corrected chi connectivity index (χ0v) is 22.3. The van der Waals surface area contributed by atoms with Crippen LogP contribution in [0.3, 0.4) is 0 Å². The van der Waals surface area contributed by atoms with Crippen LogP contribution in [0.4, 0.5) is 0 Å². The van der Waals surface area contributed by atoms with E-state index >= 15 is 0 Å². The molecule has 1 aromatic heterocycles. The Labute approximate surface area is 218 Å². The maximum atomic E-state index is 13.3. The summed E-state index contributed by atoms with van der Waals surface area (Å²) in [6.07, 6.45) is 0.859. The first kappa shape index (κ1) is 26.7. The van der Waals surface area contributed by atoms with Crippen molar-refractivity contribution < 1.29 is 32.3 Å². The van der Waals surface area contributed by atoms with E-state index in [2.05, 4.69) is 4.99 Å². The summed E-state index contributed by atoms with van der Waals surface area (Å²) in [6.45, 7) is 3.75. The third kappa shape index (κ3) is 5.50. The Kier molecular flexibility index (Phi) is 7.90. The Balaban J connectivity index is 1.74. The van der Waals surface area contributed by atoms with Crippen LogP contribution in [0.2, 0.25) is 0 Å². The lowest BCUT2D eigenvalue weighted by molar-refractivity contribution is -0.143. The van der Waals surface area contributed by atoms with Gasteiger partial charge in [0.1, 0.15) is 12.6 Å². The molecule has 3 aromatic rings. The number of hydrogen-bond acceptors (Lipinski definition) is 8. The van der Waals surface area contributed by atoms with E-state index in [0.29, 0.717) is 28.6 Å². The molecule has 12 heteroatoms. The number of carbonyl (C=O) groups excluding carboxylic acids is 3. The predicted octanol–water partition coefficient (Wildman–Crippen LogP) is 2.64. The summed E-state index contributed by atoms with van der Waals surface area (Å²) in [5, 5.41) is 0. The van der Waals surface area contributed by atoms with Gasteiger partial charge in [0.15, 0.2) is 4.80 Å². The average Bonchev–Trinajstić information content (AvgIpc) is 3.50. The number of benzene rings is 2. The summed E-state index contributed by atoms with van der Waals surface area (Å²) in [5.41, 5.74) is 1.81. The van der Waals surface area contributed by atoms with Crippen LogP contribution in [0, 0.1) is 6.92 Å². The Hall–Kier alpha value is -3.35. The number of thiazole rings is 1. The van der Waals surface area contributed by atoms with Crippen molar-refractivity contribution in [2.24, 2.45) is 4.99 Å². The Morgan fingerprint density at radius 1 is 1.14 bits per heavy atom. The minimum absolute atomic E-state index is 0.118. The molecule has 1 fully saturated rings. The van der Waals surface area contributed by atoms with Gasteiger partial charge in [-0.1, -0.05) is 29.0 Å². The van der Waals surface area contributed by atoms with Crippen molar-refractivity contribution in [3.8, 4) is 0 Å². The molecule has 0 bridgehead atoms. The van der Waals surface area contributed by atoms with Crippen LogP contribution < -0.4 is 4.80 Å². The SMILES string of the molecule is CCOC(=O)Cn1c(=NC(=O)C2CCCN2S(=O)(=O)c2ccc(C)cc2)sc2cc(C(=O)OC)ccc21. The molecule has 1 aliphatic rings. The van der Waals surface area contributed by atoms with Gasteiger partial charge < -0.3 is 14.0 Å². The van der Waals surface area contributed by atoms with Gasteiger partial charge in [-0.15, -0.1) is 0 Å². The smallest absolute Gasteiger partial charge is 0.337 e. The van der Waals surface area contributed by atoms with Crippen LogP contribution in [0.1, 0.15) is 35.7 Å². The number of carbonyl (C=O) groups is 3. The van der Waals surface area contributed by atoms with E-state index in [1.54, 1.807) is 37.3 Å². The molecule has 0 saturated carbocycles. The minimum atomic E-state index is -3.90. The zero-order valence-electron chi connectivity index (χ0n) is 20.7. The van der Waals surface area contributed by atoms with Gasteiger partial charge in [-0.05, 0) is 57.0 Å². The normalized spacial score (nSPS) is 16.7. The van der Waals surface area contributed by atoms with E-state index in [9.17, 15) is 22.8 Å². The highest BCUT2D eigenvalue weighted by Gasteiger charge is 2.39. The van der Waals surface area contributed by atoms with Gasteiger partial charge in [-0.3, -0.25) is 9.59 Å². The van der Waals surface area contributed by atoms with Gasteiger partial charge in [0.25, 0.3) is 5.91 Å². The fraction of sp³-hybridized carbons (Fsp3) is 0.360. The highest BCUT2D eigenvalue weighted by Crippen LogP contribution is 2.27. The van der Waals surface area contributed by atoms with Gasteiger partial charge in [-0.25, -0.2) is 13.2 Å². The molecule has 0 aliphatic carbocycles. The zero-order chi connectivity index (χ0) is 26.7. The first-order valence-corrected chi connectivity index (χ1v) is 14.0. The summed E-state index contributed by atoms with van der Waals surface area (Å²) in [5.74, 6) is -1.66. The van der Waals surface area contributed by atoms with Gasteiger partial charge in [0.05, 0.1) is 34.4 Å². The number of sulfonamides is 1. The number of methoxy groups -OCH3 is 1. The molecule has 2 aromatic carbocycles. The first-order chi connectivity index (χ1) is 17.6. The maximum Gasteiger partial charge on any atom is 0.337 e. The maximum absolute atomic E-state index is 13.3. The van der Waals surface area contributed by atoms with Crippen molar-refractivity contribution in [3.63, 3.8) is 0 Å². The molecule has 1 aliphatic heterocycles. The topological polar surface area (TPSA) is 124 Å². The van der Waals surface area contributed by atoms with Crippen LogP contribution in [0.25, 0.3) is 10.2 Å². The van der Waals surface area contributed by atoms with Gasteiger partial charge in [0.2, 0.25) is 10.0 Å². The molecular formula is C25H27N3O7S2. The molecule has 1 atom stereocenters. The number of ether oxygens (including phenoxy) is 2. The number of rotatable bonds is 7. The van der Waals surface area contributed by atoms with Crippen molar-refractivity contribution >= 4 is 49.4 Å². The van der Waals surface area contributed by atoms with E-state index in [4.69, 9.17) is 9.47 Å². The summed E-state index contributed by atoms with van der Waals surface area (Å²) >= 11 is 1.11. The lowest BCUT2D eigenvalue weighted by atomic mass is 10.2. The highest BCUT2D eigenvalue weighted by atomic mass is 32.2. The molecule has 1 unspecified atom stereocenters. The quantitative estimate of drug-likeness (QED) is 0.418. The van der Waals surface area contributed by atoms with Gasteiger partial charge in [0, 0.05) is 6.54 Å². The summed E-state index contributed by atoms with van der Waals surface area (Å²) < 4.78 is 39.8. The van der Waals surface area contributed by atoms with E-state index in [1.807, 2.05) is 6.92 Å². The number of hydrogen-bond donors (Lipinski definition) is 0.